The average Bonchev–Trinajstić information content (AvgIpc) is 3.21. The van der Waals surface area contributed by atoms with Crippen molar-refractivity contribution in [1.82, 2.24) is 14.7 Å². The summed E-state index contributed by atoms with van der Waals surface area (Å²) in [6.07, 6.45) is 0. The highest BCUT2D eigenvalue weighted by atomic mass is 35.5. The van der Waals surface area contributed by atoms with Crippen LogP contribution in [0.1, 0.15) is 30.7 Å². The van der Waals surface area contributed by atoms with Crippen molar-refractivity contribution in [1.29, 1.82) is 0 Å². The first-order chi connectivity index (χ1) is 18.6. The minimum Gasteiger partial charge on any atom is -0.315 e. The molecule has 0 bridgehead atoms. The fourth-order valence-corrected chi connectivity index (χ4v) is 4.63. The second kappa shape index (κ2) is 12.2. The Morgan fingerprint density at radius 1 is 0.923 bits per heavy atom. The molecule has 0 unspecified atom stereocenters. The molecule has 0 aliphatic rings. The number of nitrogens with zero attached hydrogens (tertiary/aromatic N) is 3. The van der Waals surface area contributed by atoms with E-state index >= 15 is 0 Å². The molecule has 4 rings (SSSR count). The number of amides is 3. The summed E-state index contributed by atoms with van der Waals surface area (Å²) in [4.78, 5) is 28.3. The molecule has 0 spiro atoms. The maximum absolute atomic E-state index is 13.5. The van der Waals surface area contributed by atoms with Gasteiger partial charge in [-0.2, -0.15) is 5.10 Å². The number of nitrogens with one attached hydrogen (secondary N) is 2. The van der Waals surface area contributed by atoms with E-state index in [0.29, 0.717) is 23.1 Å². The zero-order valence-electron chi connectivity index (χ0n) is 23.0. The number of hydrogen-bond donors (Lipinski definition) is 2. The molecule has 39 heavy (non-hydrogen) atoms. The van der Waals surface area contributed by atoms with Crippen LogP contribution in [0.5, 0.6) is 0 Å². The molecule has 202 valence electrons. The van der Waals surface area contributed by atoms with Crippen LogP contribution in [-0.2, 0) is 4.79 Å². The smallest absolute Gasteiger partial charge is 0.315 e. The zero-order valence-corrected chi connectivity index (χ0v) is 23.7. The molecule has 1 heterocycles. The van der Waals surface area contributed by atoms with Crippen LogP contribution in [0.4, 0.5) is 16.3 Å². The number of benzene rings is 3. The quantitative estimate of drug-likeness (QED) is 0.246. The van der Waals surface area contributed by atoms with Gasteiger partial charge in [-0.3, -0.25) is 4.79 Å². The first-order valence-corrected chi connectivity index (χ1v) is 13.3. The molecular weight excluding hydrogens is 510 g/mol. The maximum Gasteiger partial charge on any atom is 0.322 e. The van der Waals surface area contributed by atoms with Crippen molar-refractivity contribution < 1.29 is 9.59 Å². The van der Waals surface area contributed by atoms with E-state index in [-0.39, 0.29) is 24.4 Å². The molecule has 0 saturated carbocycles. The first kappa shape index (κ1) is 27.9. The Morgan fingerprint density at radius 2 is 1.62 bits per heavy atom. The predicted octanol–water partition coefficient (Wildman–Crippen LogP) is 7.25. The number of rotatable bonds is 8. The maximum atomic E-state index is 13.5. The van der Waals surface area contributed by atoms with Crippen LogP contribution in [0.25, 0.3) is 16.8 Å². The minimum absolute atomic E-state index is 0.129. The number of aryl methyl sites for hydroxylation is 3. The Balaban J connectivity index is 1.64. The number of para-hydroxylation sites is 1. The summed E-state index contributed by atoms with van der Waals surface area (Å²) in [5.41, 5.74) is 5.94. The molecule has 0 atom stereocenters. The highest BCUT2D eigenvalue weighted by Gasteiger charge is 2.24. The third kappa shape index (κ3) is 6.67. The number of halogens is 1. The minimum atomic E-state index is -0.370. The van der Waals surface area contributed by atoms with Gasteiger partial charge in [-0.15, -0.1) is 0 Å². The second-order valence-corrected chi connectivity index (χ2v) is 10.5. The highest BCUT2D eigenvalue weighted by Crippen LogP contribution is 2.34. The van der Waals surface area contributed by atoms with Gasteiger partial charge in [0.15, 0.2) is 0 Å². The second-order valence-electron chi connectivity index (χ2n) is 10.1. The van der Waals surface area contributed by atoms with E-state index in [0.717, 1.165) is 33.6 Å². The molecule has 1 aromatic heterocycles. The first-order valence-electron chi connectivity index (χ1n) is 13.0. The summed E-state index contributed by atoms with van der Waals surface area (Å²) in [5.74, 6) is 0.401. The summed E-state index contributed by atoms with van der Waals surface area (Å²) < 4.78 is 1.77. The SMILES string of the molecule is Cc1ccc(NC(=O)N(CC(=O)Nc2c(-c3ccccc3)c(C)nn2-c2ccccc2C)CC(C)C)cc1Cl. The van der Waals surface area contributed by atoms with E-state index in [9.17, 15) is 9.59 Å². The molecule has 3 amide bonds. The van der Waals surface area contributed by atoms with Gasteiger partial charge in [-0.1, -0.05) is 80.0 Å². The average molecular weight is 544 g/mol. The van der Waals surface area contributed by atoms with Gasteiger partial charge in [0.1, 0.15) is 12.4 Å². The lowest BCUT2D eigenvalue weighted by Crippen LogP contribution is -2.42. The molecule has 2 N–H and O–H groups in total. The van der Waals surface area contributed by atoms with E-state index in [2.05, 4.69) is 10.6 Å². The van der Waals surface area contributed by atoms with E-state index in [1.54, 1.807) is 16.8 Å². The van der Waals surface area contributed by atoms with Gasteiger partial charge in [0.2, 0.25) is 5.91 Å². The number of carbonyl (C=O) groups is 2. The summed E-state index contributed by atoms with van der Waals surface area (Å²) in [5, 5.41) is 11.3. The van der Waals surface area contributed by atoms with Crippen LogP contribution >= 0.6 is 11.6 Å². The van der Waals surface area contributed by atoms with Crippen LogP contribution in [0.3, 0.4) is 0 Å². The van der Waals surface area contributed by atoms with E-state index in [4.69, 9.17) is 16.7 Å². The molecular formula is C31H34ClN5O2. The number of anilines is 2. The van der Waals surface area contributed by atoms with Gasteiger partial charge < -0.3 is 15.5 Å². The van der Waals surface area contributed by atoms with Gasteiger partial charge >= 0.3 is 6.03 Å². The van der Waals surface area contributed by atoms with Crippen LogP contribution in [0.15, 0.2) is 72.8 Å². The van der Waals surface area contributed by atoms with Crippen LogP contribution < -0.4 is 10.6 Å². The Morgan fingerprint density at radius 3 is 2.28 bits per heavy atom. The standard InChI is InChI=1S/C31H34ClN5O2/c1-20(2)18-36(31(39)33-25-16-15-21(3)26(32)17-25)19-28(38)34-30-29(24-12-7-6-8-13-24)23(5)35-37(30)27-14-10-9-11-22(27)4/h6-17,20H,18-19H2,1-5H3,(H,33,39)(H,34,38). The van der Waals surface area contributed by atoms with Crippen molar-refractivity contribution >= 4 is 35.0 Å². The lowest BCUT2D eigenvalue weighted by molar-refractivity contribution is -0.116. The van der Waals surface area contributed by atoms with Crippen molar-refractivity contribution in [2.24, 2.45) is 5.92 Å². The topological polar surface area (TPSA) is 79.3 Å². The molecule has 3 aromatic carbocycles. The van der Waals surface area contributed by atoms with Gasteiger partial charge in [0.05, 0.1) is 11.4 Å². The lowest BCUT2D eigenvalue weighted by Gasteiger charge is -2.25. The van der Waals surface area contributed by atoms with Crippen molar-refractivity contribution in [2.45, 2.75) is 34.6 Å². The largest absolute Gasteiger partial charge is 0.322 e. The molecule has 0 aliphatic heterocycles. The molecule has 0 saturated heterocycles. The molecule has 8 heteroatoms. The lowest BCUT2D eigenvalue weighted by atomic mass is 10.1. The van der Waals surface area contributed by atoms with Crippen molar-refractivity contribution in [3.05, 3.63) is 94.6 Å². The zero-order chi connectivity index (χ0) is 28.1. The normalized spacial score (nSPS) is 10.9. The Bertz CT molecular complexity index is 1480. The van der Waals surface area contributed by atoms with Crippen molar-refractivity contribution in [3.8, 4) is 16.8 Å². The predicted molar refractivity (Wildman–Crippen MR) is 159 cm³/mol. The highest BCUT2D eigenvalue weighted by molar-refractivity contribution is 6.31. The Kier molecular flexibility index (Phi) is 8.72. The third-order valence-electron chi connectivity index (χ3n) is 6.35. The fraction of sp³-hybridized carbons (Fsp3) is 0.258. The van der Waals surface area contributed by atoms with Crippen LogP contribution in [0, 0.1) is 26.7 Å². The van der Waals surface area contributed by atoms with Crippen LogP contribution in [0.2, 0.25) is 5.02 Å². The summed E-state index contributed by atoms with van der Waals surface area (Å²) in [6, 6.07) is 22.7. The Labute approximate surface area is 234 Å². The van der Waals surface area contributed by atoms with E-state index in [1.165, 1.54) is 4.90 Å². The summed E-state index contributed by atoms with van der Waals surface area (Å²) >= 11 is 6.24. The number of carbonyl (C=O) groups excluding carboxylic acids is 2. The molecule has 7 nitrogen and oxygen atoms in total. The van der Waals surface area contributed by atoms with Gasteiger partial charge in [0, 0.05) is 22.8 Å². The number of aromatic nitrogens is 2. The van der Waals surface area contributed by atoms with Gasteiger partial charge in [-0.05, 0) is 61.6 Å². The Hall–Kier alpha value is -4.10. The fourth-order valence-electron chi connectivity index (χ4n) is 4.45. The van der Waals surface area contributed by atoms with Crippen molar-refractivity contribution in [3.63, 3.8) is 0 Å². The third-order valence-corrected chi connectivity index (χ3v) is 6.76. The van der Waals surface area contributed by atoms with E-state index < -0.39 is 0 Å². The summed E-state index contributed by atoms with van der Waals surface area (Å²) in [6.45, 7) is 10.1. The number of hydrogen-bond acceptors (Lipinski definition) is 3. The van der Waals surface area contributed by atoms with E-state index in [1.807, 2.05) is 95.3 Å². The molecule has 4 aromatic rings. The van der Waals surface area contributed by atoms with Gasteiger partial charge in [-0.25, -0.2) is 9.48 Å². The monoisotopic (exact) mass is 543 g/mol. The molecule has 0 aliphatic carbocycles. The van der Waals surface area contributed by atoms with Crippen molar-refractivity contribution in [2.75, 3.05) is 23.7 Å². The molecule has 0 radical (unpaired) electrons. The molecule has 0 fully saturated rings. The number of urea groups is 1. The van der Waals surface area contributed by atoms with Gasteiger partial charge in [0.25, 0.3) is 0 Å². The summed E-state index contributed by atoms with van der Waals surface area (Å²) in [7, 11) is 0. The van der Waals surface area contributed by atoms with Crippen LogP contribution in [-0.4, -0.2) is 39.7 Å².